The number of hydrogen-bond donors (Lipinski definition) is 0. The number of ether oxygens (including phenoxy) is 2. The van der Waals surface area contributed by atoms with Crippen LogP contribution in [0.3, 0.4) is 0 Å². The van der Waals surface area contributed by atoms with Gasteiger partial charge in [-0.25, -0.2) is 4.79 Å². The maximum Gasteiger partial charge on any atom is 0.338 e. The third kappa shape index (κ3) is 3.26. The minimum absolute atomic E-state index is 0.362. The van der Waals surface area contributed by atoms with Gasteiger partial charge < -0.3 is 9.47 Å². The van der Waals surface area contributed by atoms with Crippen molar-refractivity contribution in [2.45, 2.75) is 0 Å². The topological polar surface area (TPSA) is 35.5 Å². The van der Waals surface area contributed by atoms with E-state index in [1.807, 2.05) is 60.7 Å². The standard InChI is InChI=1S/C17H16O3/c1-19-15-10-8-14(9-11-15)16(17(18)20-2)12-13-6-4-3-5-7-13/h3-12H,1-2H3. The lowest BCUT2D eigenvalue weighted by atomic mass is 10.0. The Morgan fingerprint density at radius 1 is 0.950 bits per heavy atom. The van der Waals surface area contributed by atoms with Gasteiger partial charge in [-0.3, -0.25) is 0 Å². The SMILES string of the molecule is COC(=O)C(=Cc1ccccc1)c1ccc(OC)cc1. The minimum Gasteiger partial charge on any atom is -0.497 e. The molecule has 20 heavy (non-hydrogen) atoms. The highest BCUT2D eigenvalue weighted by Gasteiger charge is 2.12. The zero-order valence-electron chi connectivity index (χ0n) is 11.5. The summed E-state index contributed by atoms with van der Waals surface area (Å²) in [4.78, 5) is 11.9. The van der Waals surface area contributed by atoms with E-state index in [1.165, 1.54) is 7.11 Å². The molecule has 0 heterocycles. The summed E-state index contributed by atoms with van der Waals surface area (Å²) in [5.74, 6) is 0.386. The number of carbonyl (C=O) groups is 1. The zero-order chi connectivity index (χ0) is 14.4. The fraction of sp³-hybridized carbons (Fsp3) is 0.118. The van der Waals surface area contributed by atoms with Crippen molar-refractivity contribution < 1.29 is 14.3 Å². The Morgan fingerprint density at radius 3 is 2.15 bits per heavy atom. The van der Waals surface area contributed by atoms with Crippen molar-refractivity contribution in [1.29, 1.82) is 0 Å². The van der Waals surface area contributed by atoms with Gasteiger partial charge in [0, 0.05) is 0 Å². The number of hydrogen-bond acceptors (Lipinski definition) is 3. The fourth-order valence-corrected chi connectivity index (χ4v) is 1.86. The lowest BCUT2D eigenvalue weighted by Crippen LogP contribution is -2.03. The highest BCUT2D eigenvalue weighted by molar-refractivity contribution is 6.21. The van der Waals surface area contributed by atoms with E-state index < -0.39 is 0 Å². The molecule has 3 nitrogen and oxygen atoms in total. The van der Waals surface area contributed by atoms with Gasteiger partial charge in [0.2, 0.25) is 0 Å². The molecule has 0 aliphatic rings. The molecule has 0 aromatic heterocycles. The molecule has 0 aliphatic heterocycles. The van der Waals surface area contributed by atoms with E-state index >= 15 is 0 Å². The van der Waals surface area contributed by atoms with Crippen LogP contribution in [0.15, 0.2) is 54.6 Å². The van der Waals surface area contributed by atoms with Crippen molar-refractivity contribution in [3.63, 3.8) is 0 Å². The van der Waals surface area contributed by atoms with E-state index in [0.29, 0.717) is 5.57 Å². The van der Waals surface area contributed by atoms with Gasteiger partial charge >= 0.3 is 5.97 Å². The predicted octanol–water partition coefficient (Wildman–Crippen LogP) is 3.41. The molecule has 0 N–H and O–H groups in total. The molecular weight excluding hydrogens is 252 g/mol. The summed E-state index contributed by atoms with van der Waals surface area (Å²) in [5, 5.41) is 0. The zero-order valence-corrected chi connectivity index (χ0v) is 11.5. The van der Waals surface area contributed by atoms with Crippen molar-refractivity contribution in [2.24, 2.45) is 0 Å². The first kappa shape index (κ1) is 13.9. The van der Waals surface area contributed by atoms with Gasteiger partial charge in [0.15, 0.2) is 0 Å². The summed E-state index contributed by atoms with van der Waals surface area (Å²) in [7, 11) is 2.99. The Bertz CT molecular complexity index is 598. The quantitative estimate of drug-likeness (QED) is 0.484. The van der Waals surface area contributed by atoms with Gasteiger partial charge in [-0.15, -0.1) is 0 Å². The van der Waals surface area contributed by atoms with E-state index in [2.05, 4.69) is 0 Å². The summed E-state index contributed by atoms with van der Waals surface area (Å²) < 4.78 is 9.98. The maximum absolute atomic E-state index is 11.9. The number of rotatable bonds is 4. The molecule has 0 aliphatic carbocycles. The summed E-state index contributed by atoms with van der Waals surface area (Å²) >= 11 is 0. The van der Waals surface area contributed by atoms with Crippen LogP contribution in [-0.4, -0.2) is 20.2 Å². The molecule has 102 valence electrons. The molecule has 0 unspecified atom stereocenters. The molecule has 0 atom stereocenters. The third-order valence-corrected chi connectivity index (χ3v) is 2.92. The van der Waals surface area contributed by atoms with Gasteiger partial charge in [-0.05, 0) is 29.3 Å². The van der Waals surface area contributed by atoms with Gasteiger partial charge in [-0.1, -0.05) is 42.5 Å². The van der Waals surface area contributed by atoms with E-state index in [9.17, 15) is 4.79 Å². The second-order valence-corrected chi connectivity index (χ2v) is 4.19. The molecule has 0 saturated carbocycles. The van der Waals surface area contributed by atoms with E-state index in [4.69, 9.17) is 9.47 Å². The lowest BCUT2D eigenvalue weighted by molar-refractivity contribution is -0.133. The monoisotopic (exact) mass is 268 g/mol. The molecule has 2 aromatic rings. The van der Waals surface area contributed by atoms with E-state index in [-0.39, 0.29) is 5.97 Å². The van der Waals surface area contributed by atoms with Crippen LogP contribution in [0.4, 0.5) is 0 Å². The molecule has 0 spiro atoms. The van der Waals surface area contributed by atoms with Crippen LogP contribution in [0.25, 0.3) is 11.6 Å². The van der Waals surface area contributed by atoms with Crippen molar-refractivity contribution in [1.82, 2.24) is 0 Å². The second-order valence-electron chi connectivity index (χ2n) is 4.19. The molecule has 3 heteroatoms. The van der Waals surface area contributed by atoms with Gasteiger partial charge in [-0.2, -0.15) is 0 Å². The van der Waals surface area contributed by atoms with Gasteiger partial charge in [0.05, 0.1) is 19.8 Å². The molecule has 0 saturated heterocycles. The molecule has 2 rings (SSSR count). The largest absolute Gasteiger partial charge is 0.497 e. The van der Waals surface area contributed by atoms with Crippen LogP contribution in [0.5, 0.6) is 5.75 Å². The fourth-order valence-electron chi connectivity index (χ4n) is 1.86. The van der Waals surface area contributed by atoms with E-state index in [0.717, 1.165) is 16.9 Å². The molecule has 0 amide bonds. The number of esters is 1. The van der Waals surface area contributed by atoms with Crippen molar-refractivity contribution in [3.05, 3.63) is 65.7 Å². The molecule has 0 radical (unpaired) electrons. The van der Waals surface area contributed by atoms with Crippen LogP contribution < -0.4 is 4.74 Å². The Labute approximate surface area is 118 Å². The Hall–Kier alpha value is -2.55. The van der Waals surface area contributed by atoms with Crippen molar-refractivity contribution in [3.8, 4) is 5.75 Å². The normalized spacial score (nSPS) is 11.0. The summed E-state index contributed by atoms with van der Waals surface area (Å²) in [6.45, 7) is 0. The summed E-state index contributed by atoms with van der Waals surface area (Å²) in [6.07, 6.45) is 1.81. The summed E-state index contributed by atoms with van der Waals surface area (Å²) in [6, 6.07) is 17.0. The number of carbonyl (C=O) groups excluding carboxylic acids is 1. The molecule has 0 bridgehead atoms. The average molecular weight is 268 g/mol. The highest BCUT2D eigenvalue weighted by Crippen LogP contribution is 2.22. The first-order valence-electron chi connectivity index (χ1n) is 6.24. The van der Waals surface area contributed by atoms with Crippen LogP contribution >= 0.6 is 0 Å². The van der Waals surface area contributed by atoms with Crippen LogP contribution in [-0.2, 0) is 9.53 Å². The number of benzene rings is 2. The summed E-state index contributed by atoms with van der Waals surface area (Å²) in [5.41, 5.74) is 2.26. The molecule has 2 aromatic carbocycles. The maximum atomic E-state index is 11.9. The van der Waals surface area contributed by atoms with Crippen molar-refractivity contribution >= 4 is 17.6 Å². The molecular formula is C17H16O3. The lowest BCUT2D eigenvalue weighted by Gasteiger charge is -2.07. The Morgan fingerprint density at radius 2 is 1.60 bits per heavy atom. The average Bonchev–Trinajstić information content (AvgIpc) is 2.53. The Balaban J connectivity index is 2.42. The smallest absolute Gasteiger partial charge is 0.338 e. The highest BCUT2D eigenvalue weighted by atomic mass is 16.5. The van der Waals surface area contributed by atoms with Crippen LogP contribution in [0.1, 0.15) is 11.1 Å². The number of methoxy groups -OCH3 is 2. The first-order chi connectivity index (χ1) is 9.74. The Kier molecular flexibility index (Phi) is 4.56. The predicted molar refractivity (Wildman–Crippen MR) is 79.3 cm³/mol. The van der Waals surface area contributed by atoms with Crippen molar-refractivity contribution in [2.75, 3.05) is 14.2 Å². The van der Waals surface area contributed by atoms with Crippen LogP contribution in [0, 0.1) is 0 Å². The van der Waals surface area contributed by atoms with Gasteiger partial charge in [0.1, 0.15) is 5.75 Å². The first-order valence-corrected chi connectivity index (χ1v) is 6.24. The van der Waals surface area contributed by atoms with Crippen LogP contribution in [0.2, 0.25) is 0 Å². The van der Waals surface area contributed by atoms with Gasteiger partial charge in [0.25, 0.3) is 0 Å². The third-order valence-electron chi connectivity index (χ3n) is 2.92. The minimum atomic E-state index is -0.362. The van der Waals surface area contributed by atoms with E-state index in [1.54, 1.807) is 7.11 Å². The molecule has 0 fully saturated rings. The second kappa shape index (κ2) is 6.57.